The first-order valence-electron chi connectivity index (χ1n) is 7.49. The van der Waals surface area contributed by atoms with Crippen molar-refractivity contribution in [3.05, 3.63) is 35.4 Å². The molecule has 0 bridgehead atoms. The van der Waals surface area contributed by atoms with Crippen LogP contribution in [0.15, 0.2) is 24.3 Å². The molecule has 1 aliphatic rings. The zero-order valence-corrected chi connectivity index (χ0v) is 12.1. The molecule has 0 amide bonds. The maximum absolute atomic E-state index is 3.69. The second kappa shape index (κ2) is 6.38. The van der Waals surface area contributed by atoms with Crippen LogP contribution >= 0.6 is 0 Å². The van der Waals surface area contributed by atoms with Gasteiger partial charge in [0.1, 0.15) is 0 Å². The molecule has 0 spiro atoms. The summed E-state index contributed by atoms with van der Waals surface area (Å²) < 4.78 is 0. The van der Waals surface area contributed by atoms with Crippen LogP contribution in [0.1, 0.15) is 63.5 Å². The second-order valence-electron chi connectivity index (χ2n) is 6.11. The Labute approximate surface area is 112 Å². The zero-order chi connectivity index (χ0) is 13.0. The molecule has 0 aromatic heterocycles. The van der Waals surface area contributed by atoms with Crippen LogP contribution < -0.4 is 5.32 Å². The quantitative estimate of drug-likeness (QED) is 0.806. The van der Waals surface area contributed by atoms with Crippen molar-refractivity contribution < 1.29 is 0 Å². The van der Waals surface area contributed by atoms with E-state index >= 15 is 0 Å². The molecule has 1 aromatic carbocycles. The largest absolute Gasteiger partial charge is 0.310 e. The molecule has 0 aliphatic heterocycles. The van der Waals surface area contributed by atoms with E-state index in [4.69, 9.17) is 0 Å². The van der Waals surface area contributed by atoms with Gasteiger partial charge in [-0.2, -0.15) is 0 Å². The summed E-state index contributed by atoms with van der Waals surface area (Å²) in [5.41, 5.74) is 2.84. The highest BCUT2D eigenvalue weighted by Crippen LogP contribution is 2.27. The van der Waals surface area contributed by atoms with Crippen molar-refractivity contribution in [1.82, 2.24) is 5.32 Å². The second-order valence-corrected chi connectivity index (χ2v) is 6.11. The fourth-order valence-electron chi connectivity index (χ4n) is 2.92. The van der Waals surface area contributed by atoms with Crippen LogP contribution in [0.2, 0.25) is 0 Å². The normalized spacial score (nSPS) is 18.4. The van der Waals surface area contributed by atoms with Gasteiger partial charge in [-0.3, -0.25) is 0 Å². The number of nitrogens with one attached hydrogen (secondary N) is 1. The molecule has 0 heterocycles. The molecule has 2 rings (SSSR count). The summed E-state index contributed by atoms with van der Waals surface area (Å²) in [6.45, 7) is 7.85. The molecule has 1 atom stereocenters. The number of hydrogen-bond donors (Lipinski definition) is 1. The fourth-order valence-corrected chi connectivity index (χ4v) is 2.92. The average Bonchev–Trinajstić information content (AvgIpc) is 2.90. The van der Waals surface area contributed by atoms with Gasteiger partial charge < -0.3 is 5.32 Å². The van der Waals surface area contributed by atoms with Gasteiger partial charge in [-0.05, 0) is 42.7 Å². The summed E-state index contributed by atoms with van der Waals surface area (Å²) in [5, 5.41) is 3.69. The SMILES string of the molecule is CC(C)c1ccc(CNC(C)C2CCCC2)cc1. The third-order valence-electron chi connectivity index (χ3n) is 4.38. The lowest BCUT2D eigenvalue weighted by Gasteiger charge is -2.20. The van der Waals surface area contributed by atoms with Crippen LogP contribution in [-0.2, 0) is 6.54 Å². The van der Waals surface area contributed by atoms with E-state index in [9.17, 15) is 0 Å². The Kier molecular flexibility index (Phi) is 4.82. The molecule has 100 valence electrons. The van der Waals surface area contributed by atoms with E-state index in [-0.39, 0.29) is 0 Å². The standard InChI is InChI=1S/C17H27N/c1-13(2)16-10-8-15(9-11-16)12-18-14(3)17-6-4-5-7-17/h8-11,13-14,17-18H,4-7,12H2,1-3H3. The van der Waals surface area contributed by atoms with Gasteiger partial charge in [0.25, 0.3) is 0 Å². The Morgan fingerprint density at radius 1 is 1.06 bits per heavy atom. The fraction of sp³-hybridized carbons (Fsp3) is 0.647. The summed E-state index contributed by atoms with van der Waals surface area (Å²) in [6.07, 6.45) is 5.69. The molecule has 1 heteroatoms. The Balaban J connectivity index is 1.82. The minimum absolute atomic E-state index is 0.629. The van der Waals surface area contributed by atoms with Crippen LogP contribution in [0, 0.1) is 5.92 Å². The molecular formula is C17H27N. The van der Waals surface area contributed by atoms with Gasteiger partial charge in [-0.15, -0.1) is 0 Å². The van der Waals surface area contributed by atoms with E-state index in [1.54, 1.807) is 0 Å². The minimum Gasteiger partial charge on any atom is -0.310 e. The molecule has 1 unspecified atom stereocenters. The highest BCUT2D eigenvalue weighted by atomic mass is 14.9. The van der Waals surface area contributed by atoms with Crippen molar-refractivity contribution >= 4 is 0 Å². The van der Waals surface area contributed by atoms with Crippen molar-refractivity contribution in [2.75, 3.05) is 0 Å². The average molecular weight is 245 g/mol. The van der Waals surface area contributed by atoms with E-state index in [1.165, 1.54) is 36.8 Å². The summed E-state index contributed by atoms with van der Waals surface area (Å²) in [5.74, 6) is 1.53. The maximum atomic E-state index is 3.69. The first-order valence-corrected chi connectivity index (χ1v) is 7.49. The van der Waals surface area contributed by atoms with Crippen LogP contribution in [0.5, 0.6) is 0 Å². The number of rotatable bonds is 5. The minimum atomic E-state index is 0.629. The molecule has 1 aliphatic carbocycles. The molecule has 18 heavy (non-hydrogen) atoms. The highest BCUT2D eigenvalue weighted by molar-refractivity contribution is 5.24. The lowest BCUT2D eigenvalue weighted by molar-refractivity contribution is 0.380. The zero-order valence-electron chi connectivity index (χ0n) is 12.1. The molecule has 1 nitrogen and oxygen atoms in total. The summed E-state index contributed by atoms with van der Waals surface area (Å²) in [6, 6.07) is 9.73. The summed E-state index contributed by atoms with van der Waals surface area (Å²) >= 11 is 0. The monoisotopic (exact) mass is 245 g/mol. The van der Waals surface area contributed by atoms with E-state index in [0.717, 1.165) is 12.5 Å². The van der Waals surface area contributed by atoms with Gasteiger partial charge in [-0.25, -0.2) is 0 Å². The van der Waals surface area contributed by atoms with Gasteiger partial charge in [0.15, 0.2) is 0 Å². The summed E-state index contributed by atoms with van der Waals surface area (Å²) in [7, 11) is 0. The predicted molar refractivity (Wildman–Crippen MR) is 78.8 cm³/mol. The van der Waals surface area contributed by atoms with Crippen LogP contribution in [0.4, 0.5) is 0 Å². The predicted octanol–water partition coefficient (Wildman–Crippen LogP) is 4.48. The van der Waals surface area contributed by atoms with Gasteiger partial charge >= 0.3 is 0 Å². The molecule has 0 saturated heterocycles. The number of hydrogen-bond acceptors (Lipinski definition) is 1. The summed E-state index contributed by atoms with van der Waals surface area (Å²) in [4.78, 5) is 0. The van der Waals surface area contributed by atoms with E-state index in [1.807, 2.05) is 0 Å². The van der Waals surface area contributed by atoms with Crippen LogP contribution in [0.25, 0.3) is 0 Å². The maximum Gasteiger partial charge on any atom is 0.0208 e. The van der Waals surface area contributed by atoms with E-state index in [2.05, 4.69) is 50.4 Å². The third kappa shape index (κ3) is 3.58. The number of benzene rings is 1. The Morgan fingerprint density at radius 2 is 1.67 bits per heavy atom. The van der Waals surface area contributed by atoms with Crippen molar-refractivity contribution in [1.29, 1.82) is 0 Å². The first-order chi connectivity index (χ1) is 8.66. The third-order valence-corrected chi connectivity index (χ3v) is 4.38. The van der Waals surface area contributed by atoms with Gasteiger partial charge in [0.05, 0.1) is 0 Å². The first kappa shape index (κ1) is 13.6. The molecule has 1 saturated carbocycles. The van der Waals surface area contributed by atoms with Crippen molar-refractivity contribution in [3.8, 4) is 0 Å². The Hall–Kier alpha value is -0.820. The van der Waals surface area contributed by atoms with Crippen LogP contribution in [0.3, 0.4) is 0 Å². The molecule has 1 fully saturated rings. The van der Waals surface area contributed by atoms with Gasteiger partial charge in [0, 0.05) is 12.6 Å². The van der Waals surface area contributed by atoms with Gasteiger partial charge in [0.2, 0.25) is 0 Å². The van der Waals surface area contributed by atoms with E-state index < -0.39 is 0 Å². The van der Waals surface area contributed by atoms with Crippen molar-refractivity contribution in [3.63, 3.8) is 0 Å². The van der Waals surface area contributed by atoms with E-state index in [0.29, 0.717) is 12.0 Å². The molecular weight excluding hydrogens is 218 g/mol. The smallest absolute Gasteiger partial charge is 0.0208 e. The lowest BCUT2D eigenvalue weighted by Crippen LogP contribution is -2.31. The highest BCUT2D eigenvalue weighted by Gasteiger charge is 2.20. The van der Waals surface area contributed by atoms with Crippen LogP contribution in [-0.4, -0.2) is 6.04 Å². The Morgan fingerprint density at radius 3 is 2.22 bits per heavy atom. The lowest BCUT2D eigenvalue weighted by atomic mass is 9.99. The molecule has 0 radical (unpaired) electrons. The molecule has 1 N–H and O–H groups in total. The van der Waals surface area contributed by atoms with Gasteiger partial charge in [-0.1, -0.05) is 51.0 Å². The van der Waals surface area contributed by atoms with Crippen molar-refractivity contribution in [2.45, 2.75) is 65.0 Å². The molecule has 1 aromatic rings. The topological polar surface area (TPSA) is 12.0 Å². The van der Waals surface area contributed by atoms with Crippen molar-refractivity contribution in [2.24, 2.45) is 5.92 Å². The Bertz CT molecular complexity index is 346.